The van der Waals surface area contributed by atoms with E-state index in [0.29, 0.717) is 5.69 Å². The minimum atomic E-state index is -0.650. The molecule has 0 aliphatic rings. The van der Waals surface area contributed by atoms with Gasteiger partial charge in [0.25, 0.3) is 0 Å². The van der Waals surface area contributed by atoms with Gasteiger partial charge < -0.3 is 14.8 Å². The van der Waals surface area contributed by atoms with Gasteiger partial charge in [-0.1, -0.05) is 29.5 Å². The summed E-state index contributed by atoms with van der Waals surface area (Å²) in [4.78, 5) is 25.3. The van der Waals surface area contributed by atoms with E-state index in [1.54, 1.807) is 11.8 Å². The van der Waals surface area contributed by atoms with Gasteiger partial charge in [-0.3, -0.25) is 0 Å². The Hall–Kier alpha value is -2.73. The fourth-order valence-electron chi connectivity index (χ4n) is 1.94. The first-order valence-electron chi connectivity index (χ1n) is 7.51. The number of esters is 2. The standard InChI is InChI=1S/C19H19NO4S/c1-13-4-8-15(9-5-13)25-16-10-6-14(7-11-16)20-17(19(22)24-3)12-18(21)23-2/h4-12,20H,1-3H3/b17-12+. The molecule has 130 valence electrons. The lowest BCUT2D eigenvalue weighted by Gasteiger charge is -2.10. The Balaban J connectivity index is 2.09. The van der Waals surface area contributed by atoms with Crippen LogP contribution < -0.4 is 5.32 Å². The second-order valence-electron chi connectivity index (χ2n) is 5.14. The zero-order chi connectivity index (χ0) is 18.2. The van der Waals surface area contributed by atoms with Crippen molar-refractivity contribution in [3.8, 4) is 0 Å². The number of ether oxygens (including phenoxy) is 2. The molecule has 2 rings (SSSR count). The number of nitrogens with one attached hydrogen (secondary N) is 1. The van der Waals surface area contributed by atoms with Crippen molar-refractivity contribution in [2.75, 3.05) is 19.5 Å². The van der Waals surface area contributed by atoms with Crippen molar-refractivity contribution in [1.29, 1.82) is 0 Å². The lowest BCUT2D eigenvalue weighted by molar-refractivity contribution is -0.138. The van der Waals surface area contributed by atoms with E-state index in [1.165, 1.54) is 19.8 Å². The Morgan fingerprint density at radius 3 is 2.00 bits per heavy atom. The zero-order valence-corrected chi connectivity index (χ0v) is 15.1. The first-order chi connectivity index (χ1) is 12.0. The van der Waals surface area contributed by atoms with E-state index in [1.807, 2.05) is 24.3 Å². The Morgan fingerprint density at radius 1 is 0.920 bits per heavy atom. The maximum Gasteiger partial charge on any atom is 0.354 e. The molecule has 6 heteroatoms. The van der Waals surface area contributed by atoms with E-state index in [0.717, 1.165) is 15.9 Å². The molecule has 2 aromatic carbocycles. The molecular formula is C19H19NO4S. The monoisotopic (exact) mass is 357 g/mol. The normalized spacial score (nSPS) is 10.9. The highest BCUT2D eigenvalue weighted by Crippen LogP contribution is 2.28. The first kappa shape index (κ1) is 18.6. The van der Waals surface area contributed by atoms with Crippen molar-refractivity contribution < 1.29 is 19.1 Å². The molecule has 0 unspecified atom stereocenters. The predicted molar refractivity (Wildman–Crippen MR) is 97.5 cm³/mol. The number of rotatable bonds is 6. The molecule has 0 aliphatic heterocycles. The Morgan fingerprint density at radius 2 is 1.48 bits per heavy atom. The lowest BCUT2D eigenvalue weighted by atomic mass is 10.2. The van der Waals surface area contributed by atoms with E-state index >= 15 is 0 Å². The van der Waals surface area contributed by atoms with Gasteiger partial charge in [-0.15, -0.1) is 0 Å². The van der Waals surface area contributed by atoms with Crippen molar-refractivity contribution >= 4 is 29.4 Å². The van der Waals surface area contributed by atoms with Gasteiger partial charge in [0.05, 0.1) is 20.3 Å². The Bertz CT molecular complexity index is 767. The summed E-state index contributed by atoms with van der Waals surface area (Å²) >= 11 is 1.64. The van der Waals surface area contributed by atoms with Crippen LogP contribution in [0.25, 0.3) is 0 Å². The first-order valence-corrected chi connectivity index (χ1v) is 8.33. The molecule has 0 bridgehead atoms. The van der Waals surface area contributed by atoms with Crippen molar-refractivity contribution in [2.24, 2.45) is 0 Å². The van der Waals surface area contributed by atoms with Crippen LogP contribution in [0.5, 0.6) is 0 Å². The summed E-state index contributed by atoms with van der Waals surface area (Å²) in [5.41, 5.74) is 1.89. The van der Waals surface area contributed by atoms with Crippen LogP contribution in [0.15, 0.2) is 70.1 Å². The largest absolute Gasteiger partial charge is 0.466 e. The summed E-state index contributed by atoms with van der Waals surface area (Å²) in [6.07, 6.45) is 1.06. The molecule has 0 saturated carbocycles. The maximum atomic E-state index is 11.7. The summed E-state index contributed by atoms with van der Waals surface area (Å²) in [5.74, 6) is -1.29. The molecule has 25 heavy (non-hydrogen) atoms. The number of methoxy groups -OCH3 is 2. The highest BCUT2D eigenvalue weighted by Gasteiger charge is 2.12. The van der Waals surface area contributed by atoms with Crippen LogP contribution in [0.4, 0.5) is 5.69 Å². The van der Waals surface area contributed by atoms with Crippen LogP contribution in [-0.4, -0.2) is 26.2 Å². The maximum absolute atomic E-state index is 11.7. The molecule has 0 fully saturated rings. The Kier molecular flexibility index (Phi) is 6.65. The van der Waals surface area contributed by atoms with Crippen LogP contribution in [0, 0.1) is 6.92 Å². The van der Waals surface area contributed by atoms with Gasteiger partial charge in [0, 0.05) is 15.5 Å². The van der Waals surface area contributed by atoms with E-state index in [2.05, 4.69) is 46.0 Å². The second-order valence-corrected chi connectivity index (χ2v) is 6.28. The van der Waals surface area contributed by atoms with Crippen molar-refractivity contribution in [3.05, 3.63) is 65.9 Å². The van der Waals surface area contributed by atoms with Gasteiger partial charge in [0.15, 0.2) is 0 Å². The lowest BCUT2D eigenvalue weighted by Crippen LogP contribution is -2.15. The topological polar surface area (TPSA) is 64.6 Å². The van der Waals surface area contributed by atoms with E-state index < -0.39 is 11.9 Å². The number of hydrogen-bond donors (Lipinski definition) is 1. The molecule has 0 aliphatic carbocycles. The summed E-state index contributed by atoms with van der Waals surface area (Å²) in [7, 11) is 2.49. The average Bonchev–Trinajstić information content (AvgIpc) is 2.63. The molecule has 0 heterocycles. The number of hydrogen-bond acceptors (Lipinski definition) is 6. The molecule has 0 amide bonds. The molecule has 2 aromatic rings. The van der Waals surface area contributed by atoms with Gasteiger partial charge >= 0.3 is 11.9 Å². The molecule has 5 nitrogen and oxygen atoms in total. The quantitative estimate of drug-likeness (QED) is 0.627. The number of anilines is 1. The van der Waals surface area contributed by atoms with E-state index in [9.17, 15) is 9.59 Å². The molecule has 0 atom stereocenters. The van der Waals surface area contributed by atoms with Crippen molar-refractivity contribution in [3.63, 3.8) is 0 Å². The summed E-state index contributed by atoms with van der Waals surface area (Å²) in [6, 6.07) is 15.8. The molecular weight excluding hydrogens is 338 g/mol. The summed E-state index contributed by atoms with van der Waals surface area (Å²) < 4.78 is 9.20. The number of carbonyl (C=O) groups excluding carboxylic acids is 2. The predicted octanol–water partition coefficient (Wildman–Crippen LogP) is 3.79. The van der Waals surface area contributed by atoms with Crippen molar-refractivity contribution in [2.45, 2.75) is 16.7 Å². The van der Waals surface area contributed by atoms with Crippen LogP contribution >= 0.6 is 11.8 Å². The second kappa shape index (κ2) is 8.94. The van der Waals surface area contributed by atoms with Crippen molar-refractivity contribution in [1.82, 2.24) is 0 Å². The minimum absolute atomic E-state index is 0.00767. The molecule has 1 N–H and O–H groups in total. The molecule has 0 radical (unpaired) electrons. The van der Waals surface area contributed by atoms with Gasteiger partial charge in [-0.05, 0) is 43.3 Å². The third kappa shape index (κ3) is 5.69. The van der Waals surface area contributed by atoms with Crippen LogP contribution in [-0.2, 0) is 19.1 Å². The SMILES string of the molecule is COC(=O)/C=C(/Nc1ccc(Sc2ccc(C)cc2)cc1)C(=O)OC. The number of aryl methyl sites for hydroxylation is 1. The van der Waals surface area contributed by atoms with E-state index in [4.69, 9.17) is 0 Å². The molecule has 0 saturated heterocycles. The third-order valence-corrected chi connectivity index (χ3v) is 4.27. The van der Waals surface area contributed by atoms with Crippen LogP contribution in [0.3, 0.4) is 0 Å². The summed E-state index contributed by atoms with van der Waals surface area (Å²) in [6.45, 7) is 2.05. The fourth-order valence-corrected chi connectivity index (χ4v) is 2.75. The smallest absolute Gasteiger partial charge is 0.354 e. The van der Waals surface area contributed by atoms with Gasteiger partial charge in [-0.25, -0.2) is 9.59 Å². The number of carbonyl (C=O) groups is 2. The number of benzene rings is 2. The molecule has 0 aromatic heterocycles. The van der Waals surface area contributed by atoms with Crippen LogP contribution in [0.2, 0.25) is 0 Å². The van der Waals surface area contributed by atoms with Gasteiger partial charge in [0.2, 0.25) is 0 Å². The van der Waals surface area contributed by atoms with E-state index in [-0.39, 0.29) is 5.70 Å². The van der Waals surface area contributed by atoms with Gasteiger partial charge in [-0.2, -0.15) is 0 Å². The third-order valence-electron chi connectivity index (χ3n) is 3.26. The highest BCUT2D eigenvalue weighted by atomic mass is 32.2. The van der Waals surface area contributed by atoms with Crippen LogP contribution in [0.1, 0.15) is 5.56 Å². The Labute approximate surface area is 151 Å². The zero-order valence-electron chi connectivity index (χ0n) is 14.2. The average molecular weight is 357 g/mol. The fraction of sp³-hybridized carbons (Fsp3) is 0.158. The van der Waals surface area contributed by atoms with Gasteiger partial charge in [0.1, 0.15) is 5.70 Å². The molecule has 0 spiro atoms. The summed E-state index contributed by atoms with van der Waals surface area (Å²) in [5, 5.41) is 2.87. The minimum Gasteiger partial charge on any atom is -0.466 e. The highest BCUT2D eigenvalue weighted by molar-refractivity contribution is 7.99.